The standard InChI is InChI=1S/C27H33N3O2/c1-5-19-11-15-21(16-12-19)30-25(28-23-10-8-7-9-22(23)27(30)32)24(6-2)29(17-18(3)4)26(31)20-13-14-20/h7-12,15-16,18,20,24H,5-6,13-14,17H2,1-4H3. The van der Waals surface area contributed by atoms with Crippen LogP contribution >= 0.6 is 0 Å². The molecule has 5 nitrogen and oxygen atoms in total. The van der Waals surface area contributed by atoms with Gasteiger partial charge in [-0.3, -0.25) is 14.2 Å². The molecule has 0 aliphatic heterocycles. The van der Waals surface area contributed by atoms with Crippen molar-refractivity contribution in [3.8, 4) is 5.69 Å². The molecule has 32 heavy (non-hydrogen) atoms. The Morgan fingerprint density at radius 1 is 1.09 bits per heavy atom. The average molecular weight is 432 g/mol. The summed E-state index contributed by atoms with van der Waals surface area (Å²) in [7, 11) is 0. The van der Waals surface area contributed by atoms with E-state index in [1.165, 1.54) is 5.56 Å². The summed E-state index contributed by atoms with van der Waals surface area (Å²) >= 11 is 0. The van der Waals surface area contributed by atoms with Gasteiger partial charge in [-0.05, 0) is 61.4 Å². The Morgan fingerprint density at radius 3 is 2.38 bits per heavy atom. The van der Waals surface area contributed by atoms with Crippen molar-refractivity contribution in [2.45, 2.75) is 59.4 Å². The van der Waals surface area contributed by atoms with Crippen LogP contribution in [-0.2, 0) is 11.2 Å². The highest BCUT2D eigenvalue weighted by atomic mass is 16.2. The van der Waals surface area contributed by atoms with Crippen LogP contribution in [0.25, 0.3) is 16.6 Å². The van der Waals surface area contributed by atoms with Crippen LogP contribution in [0.2, 0.25) is 0 Å². The number of aromatic nitrogens is 2. The van der Waals surface area contributed by atoms with Crippen molar-refractivity contribution in [1.29, 1.82) is 0 Å². The molecule has 0 bridgehead atoms. The van der Waals surface area contributed by atoms with Gasteiger partial charge in [0.15, 0.2) is 0 Å². The molecular weight excluding hydrogens is 398 g/mol. The zero-order chi connectivity index (χ0) is 22.8. The molecule has 1 heterocycles. The van der Waals surface area contributed by atoms with Gasteiger partial charge < -0.3 is 4.90 Å². The molecule has 3 aromatic rings. The van der Waals surface area contributed by atoms with E-state index in [2.05, 4.69) is 39.8 Å². The van der Waals surface area contributed by atoms with Crippen LogP contribution in [0, 0.1) is 11.8 Å². The Labute approximate surface area is 190 Å². The molecule has 0 N–H and O–H groups in total. The summed E-state index contributed by atoms with van der Waals surface area (Å²) in [5.74, 6) is 1.29. The summed E-state index contributed by atoms with van der Waals surface area (Å²) < 4.78 is 1.73. The van der Waals surface area contributed by atoms with E-state index >= 15 is 0 Å². The summed E-state index contributed by atoms with van der Waals surface area (Å²) in [6.07, 6.45) is 3.55. The average Bonchev–Trinajstić information content (AvgIpc) is 3.64. The minimum Gasteiger partial charge on any atom is -0.332 e. The van der Waals surface area contributed by atoms with E-state index in [1.54, 1.807) is 4.57 Å². The lowest BCUT2D eigenvalue weighted by Gasteiger charge is -2.33. The number of hydrogen-bond donors (Lipinski definition) is 0. The maximum Gasteiger partial charge on any atom is 0.266 e. The topological polar surface area (TPSA) is 55.2 Å². The molecule has 2 aromatic carbocycles. The molecule has 0 radical (unpaired) electrons. The zero-order valence-electron chi connectivity index (χ0n) is 19.5. The van der Waals surface area contributed by atoms with E-state index in [0.717, 1.165) is 24.9 Å². The number of fused-ring (bicyclic) bond motifs is 1. The van der Waals surface area contributed by atoms with E-state index in [9.17, 15) is 9.59 Å². The molecule has 0 spiro atoms. The molecule has 1 saturated carbocycles. The number of carbonyl (C=O) groups is 1. The molecule has 168 valence electrons. The molecular formula is C27H33N3O2. The van der Waals surface area contributed by atoms with Crippen molar-refractivity contribution in [3.05, 3.63) is 70.3 Å². The third-order valence-electron chi connectivity index (χ3n) is 6.24. The normalized spacial score (nSPS) is 14.7. The lowest BCUT2D eigenvalue weighted by atomic mass is 10.1. The molecule has 1 fully saturated rings. The summed E-state index contributed by atoms with van der Waals surface area (Å²) in [6.45, 7) is 9.11. The van der Waals surface area contributed by atoms with Crippen molar-refractivity contribution in [1.82, 2.24) is 14.5 Å². The molecule has 1 atom stereocenters. The van der Waals surface area contributed by atoms with E-state index in [0.29, 0.717) is 35.6 Å². The van der Waals surface area contributed by atoms with Gasteiger partial charge in [0.2, 0.25) is 5.91 Å². The van der Waals surface area contributed by atoms with Crippen LogP contribution in [0.15, 0.2) is 53.3 Å². The van der Waals surface area contributed by atoms with Gasteiger partial charge in [0, 0.05) is 12.5 Å². The fourth-order valence-electron chi connectivity index (χ4n) is 4.37. The Morgan fingerprint density at radius 2 is 1.78 bits per heavy atom. The lowest BCUT2D eigenvalue weighted by Crippen LogP contribution is -2.41. The first-order valence-electron chi connectivity index (χ1n) is 11.9. The number of para-hydroxylation sites is 1. The van der Waals surface area contributed by atoms with E-state index in [1.807, 2.05) is 41.3 Å². The van der Waals surface area contributed by atoms with Crippen LogP contribution in [0.5, 0.6) is 0 Å². The predicted octanol–water partition coefficient (Wildman–Crippen LogP) is 5.29. The van der Waals surface area contributed by atoms with Gasteiger partial charge in [-0.25, -0.2) is 4.98 Å². The van der Waals surface area contributed by atoms with Crippen LogP contribution in [0.4, 0.5) is 0 Å². The highest BCUT2D eigenvalue weighted by Gasteiger charge is 2.38. The van der Waals surface area contributed by atoms with Crippen LogP contribution in [0.3, 0.4) is 0 Å². The van der Waals surface area contributed by atoms with Crippen molar-refractivity contribution < 1.29 is 4.79 Å². The predicted molar refractivity (Wildman–Crippen MR) is 129 cm³/mol. The largest absolute Gasteiger partial charge is 0.332 e. The third-order valence-corrected chi connectivity index (χ3v) is 6.24. The van der Waals surface area contributed by atoms with Crippen molar-refractivity contribution in [3.63, 3.8) is 0 Å². The second-order valence-electron chi connectivity index (χ2n) is 9.23. The number of hydrogen-bond acceptors (Lipinski definition) is 3. The summed E-state index contributed by atoms with van der Waals surface area (Å²) in [5.41, 5.74) is 2.60. The minimum atomic E-state index is -0.256. The molecule has 5 heteroatoms. The quantitative estimate of drug-likeness (QED) is 0.487. The fraction of sp³-hybridized carbons (Fsp3) is 0.444. The summed E-state index contributed by atoms with van der Waals surface area (Å²) in [5, 5.41) is 0.592. The first-order valence-corrected chi connectivity index (χ1v) is 11.9. The zero-order valence-corrected chi connectivity index (χ0v) is 19.5. The first kappa shape index (κ1) is 22.3. The highest BCUT2D eigenvalue weighted by Crippen LogP contribution is 2.35. The van der Waals surface area contributed by atoms with Crippen molar-refractivity contribution >= 4 is 16.8 Å². The number of rotatable bonds is 8. The van der Waals surface area contributed by atoms with Crippen LogP contribution < -0.4 is 5.56 Å². The number of nitrogens with zero attached hydrogens (tertiary/aromatic N) is 3. The monoisotopic (exact) mass is 431 g/mol. The Bertz CT molecular complexity index is 1160. The van der Waals surface area contributed by atoms with Gasteiger partial charge in [0.05, 0.1) is 22.6 Å². The Balaban J connectivity index is 1.93. The summed E-state index contributed by atoms with van der Waals surface area (Å²) in [6, 6.07) is 15.3. The lowest BCUT2D eigenvalue weighted by molar-refractivity contribution is -0.136. The second-order valence-corrected chi connectivity index (χ2v) is 9.23. The minimum absolute atomic E-state index is 0.0864. The molecule has 1 aliphatic rings. The maximum absolute atomic E-state index is 13.7. The molecule has 0 saturated heterocycles. The van der Waals surface area contributed by atoms with Gasteiger partial charge in [0.25, 0.3) is 5.56 Å². The van der Waals surface area contributed by atoms with Gasteiger partial charge in [-0.15, -0.1) is 0 Å². The van der Waals surface area contributed by atoms with E-state index in [-0.39, 0.29) is 23.4 Å². The molecule has 4 rings (SSSR count). The third kappa shape index (κ3) is 4.34. The van der Waals surface area contributed by atoms with Gasteiger partial charge >= 0.3 is 0 Å². The second kappa shape index (κ2) is 9.27. The summed E-state index contributed by atoms with van der Waals surface area (Å²) in [4.78, 5) is 34.0. The smallest absolute Gasteiger partial charge is 0.266 e. The highest BCUT2D eigenvalue weighted by molar-refractivity contribution is 5.82. The van der Waals surface area contributed by atoms with Crippen LogP contribution in [0.1, 0.15) is 64.4 Å². The first-order chi connectivity index (χ1) is 15.4. The number of carbonyl (C=O) groups excluding carboxylic acids is 1. The maximum atomic E-state index is 13.7. The van der Waals surface area contributed by atoms with E-state index < -0.39 is 0 Å². The van der Waals surface area contributed by atoms with Crippen molar-refractivity contribution in [2.24, 2.45) is 11.8 Å². The van der Waals surface area contributed by atoms with Crippen LogP contribution in [-0.4, -0.2) is 26.9 Å². The number of benzene rings is 2. The number of aryl methyl sites for hydroxylation is 1. The molecule has 1 aliphatic carbocycles. The fourth-order valence-corrected chi connectivity index (χ4v) is 4.37. The van der Waals surface area contributed by atoms with Gasteiger partial charge in [0.1, 0.15) is 5.82 Å². The van der Waals surface area contributed by atoms with E-state index in [4.69, 9.17) is 4.98 Å². The Kier molecular flexibility index (Phi) is 6.45. The Hall–Kier alpha value is -2.95. The molecule has 1 amide bonds. The molecule has 1 unspecified atom stereocenters. The van der Waals surface area contributed by atoms with Gasteiger partial charge in [-0.1, -0.05) is 52.0 Å². The molecule has 1 aromatic heterocycles. The van der Waals surface area contributed by atoms with Crippen molar-refractivity contribution in [2.75, 3.05) is 6.54 Å². The SMILES string of the molecule is CCc1ccc(-n2c(C(CC)N(CC(C)C)C(=O)C3CC3)nc3ccccc3c2=O)cc1. The number of amides is 1. The van der Waals surface area contributed by atoms with Gasteiger partial charge in [-0.2, -0.15) is 0 Å².